The summed E-state index contributed by atoms with van der Waals surface area (Å²) in [5, 5.41) is 7.16. The number of benzene rings is 2. The number of carbonyl (C=O) groups excluding carboxylic acids is 1. The maximum atomic E-state index is 12.0. The van der Waals surface area contributed by atoms with E-state index in [9.17, 15) is 4.79 Å². The van der Waals surface area contributed by atoms with E-state index in [0.717, 1.165) is 0 Å². The van der Waals surface area contributed by atoms with Crippen molar-refractivity contribution in [3.63, 3.8) is 0 Å². The minimum Gasteiger partial charge on any atom is -0.456 e. The van der Waals surface area contributed by atoms with Crippen LogP contribution >= 0.6 is 23.4 Å². The number of nitrogens with zero attached hydrogens (tertiary/aromatic N) is 2. The van der Waals surface area contributed by atoms with Gasteiger partial charge in [-0.15, -0.1) is 11.8 Å². The highest BCUT2D eigenvalue weighted by Gasteiger charge is 2.07. The fourth-order valence-electron chi connectivity index (χ4n) is 2.09. The summed E-state index contributed by atoms with van der Waals surface area (Å²) >= 11 is 7.49. The van der Waals surface area contributed by atoms with Gasteiger partial charge in [-0.3, -0.25) is 4.79 Å². The first-order chi connectivity index (χ1) is 12.6. The van der Waals surface area contributed by atoms with Crippen LogP contribution in [0.25, 0.3) is 0 Å². The molecule has 26 heavy (non-hydrogen) atoms. The Hall–Kier alpha value is -2.51. The van der Waals surface area contributed by atoms with Gasteiger partial charge < -0.3 is 14.6 Å². The van der Waals surface area contributed by atoms with Crippen molar-refractivity contribution in [1.29, 1.82) is 0 Å². The second-order valence-corrected chi connectivity index (χ2v) is 6.72. The molecule has 1 amide bonds. The number of hydrogen-bond acceptors (Lipinski definition) is 6. The van der Waals surface area contributed by atoms with E-state index in [2.05, 4.69) is 15.5 Å². The summed E-state index contributed by atoms with van der Waals surface area (Å²) in [5.74, 6) is 3.04. The number of aromatic nitrogens is 2. The Balaban J connectivity index is 1.47. The number of hydrogen-bond donors (Lipinski definition) is 1. The van der Waals surface area contributed by atoms with Crippen molar-refractivity contribution in [3.8, 4) is 11.5 Å². The predicted molar refractivity (Wildman–Crippen MR) is 102 cm³/mol. The molecule has 8 heteroatoms. The molecular weight excluding hydrogens is 374 g/mol. The van der Waals surface area contributed by atoms with Crippen LogP contribution < -0.4 is 10.1 Å². The third kappa shape index (κ3) is 5.24. The minimum atomic E-state index is -0.102. The van der Waals surface area contributed by atoms with Crippen molar-refractivity contribution >= 4 is 35.0 Å². The summed E-state index contributed by atoms with van der Waals surface area (Å²) < 4.78 is 10.6. The molecule has 0 aliphatic heterocycles. The molecular formula is C18H16ClN3O3S. The Bertz CT molecular complexity index is 883. The Morgan fingerprint density at radius 3 is 2.69 bits per heavy atom. The maximum absolute atomic E-state index is 12.0. The monoisotopic (exact) mass is 389 g/mol. The number of thioether (sulfide) groups is 1. The van der Waals surface area contributed by atoms with E-state index < -0.39 is 0 Å². The molecule has 0 radical (unpaired) electrons. The number of carbonyl (C=O) groups is 1. The number of aryl methyl sites for hydroxylation is 1. The number of amides is 1. The van der Waals surface area contributed by atoms with Crippen molar-refractivity contribution in [3.05, 3.63) is 65.3 Å². The van der Waals surface area contributed by atoms with E-state index >= 15 is 0 Å². The van der Waals surface area contributed by atoms with Gasteiger partial charge in [-0.25, -0.2) is 0 Å². The average molecular weight is 390 g/mol. The van der Waals surface area contributed by atoms with Gasteiger partial charge in [0.15, 0.2) is 5.82 Å². The number of nitrogens with one attached hydrogen (secondary N) is 1. The van der Waals surface area contributed by atoms with E-state index in [-0.39, 0.29) is 5.91 Å². The van der Waals surface area contributed by atoms with E-state index in [4.69, 9.17) is 20.9 Å². The molecule has 0 fully saturated rings. The van der Waals surface area contributed by atoms with Crippen LogP contribution in [0.1, 0.15) is 11.7 Å². The van der Waals surface area contributed by atoms with Gasteiger partial charge in [-0.2, -0.15) is 4.98 Å². The minimum absolute atomic E-state index is 0.102. The van der Waals surface area contributed by atoms with Crippen LogP contribution in [-0.2, 0) is 10.5 Å². The van der Waals surface area contributed by atoms with Gasteiger partial charge in [-0.05, 0) is 36.4 Å². The van der Waals surface area contributed by atoms with Crippen LogP contribution in [0.3, 0.4) is 0 Å². The zero-order chi connectivity index (χ0) is 18.4. The highest BCUT2D eigenvalue weighted by Crippen LogP contribution is 2.29. The lowest BCUT2D eigenvalue weighted by Crippen LogP contribution is -2.14. The van der Waals surface area contributed by atoms with E-state index in [1.165, 1.54) is 11.8 Å². The lowest BCUT2D eigenvalue weighted by atomic mass is 10.3. The molecule has 0 saturated heterocycles. The van der Waals surface area contributed by atoms with Crippen LogP contribution in [0.4, 0.5) is 5.69 Å². The van der Waals surface area contributed by atoms with Gasteiger partial charge in [-0.1, -0.05) is 28.9 Å². The normalized spacial score (nSPS) is 10.5. The van der Waals surface area contributed by atoms with Crippen molar-refractivity contribution in [2.75, 3.05) is 11.1 Å². The SMILES string of the molecule is Cc1nc(CSCC(=O)Nc2ccc(Oc3ccccc3Cl)cc2)no1. The molecule has 6 nitrogen and oxygen atoms in total. The molecule has 0 spiro atoms. The number of rotatable bonds is 7. The average Bonchev–Trinajstić information content (AvgIpc) is 3.04. The standard InChI is InChI=1S/C18H16ClN3O3S/c1-12-20-17(22-25-12)10-26-11-18(23)21-13-6-8-14(9-7-13)24-16-5-3-2-4-15(16)19/h2-9H,10-11H2,1H3,(H,21,23). The molecule has 1 aromatic heterocycles. The highest BCUT2D eigenvalue weighted by atomic mass is 35.5. The molecule has 0 aliphatic carbocycles. The lowest BCUT2D eigenvalue weighted by Gasteiger charge is -2.09. The maximum Gasteiger partial charge on any atom is 0.234 e. The molecule has 1 N–H and O–H groups in total. The first-order valence-electron chi connectivity index (χ1n) is 7.79. The first-order valence-corrected chi connectivity index (χ1v) is 9.32. The molecule has 134 valence electrons. The van der Waals surface area contributed by atoms with Crippen molar-refractivity contribution in [2.45, 2.75) is 12.7 Å². The Labute approximate surface area is 159 Å². The topological polar surface area (TPSA) is 77.2 Å². The van der Waals surface area contributed by atoms with E-state index in [1.807, 2.05) is 12.1 Å². The van der Waals surface area contributed by atoms with Crippen molar-refractivity contribution in [2.24, 2.45) is 0 Å². The number of ether oxygens (including phenoxy) is 1. The molecule has 1 heterocycles. The van der Waals surface area contributed by atoms with Gasteiger partial charge >= 0.3 is 0 Å². The third-order valence-electron chi connectivity index (χ3n) is 3.24. The number of anilines is 1. The van der Waals surface area contributed by atoms with Crippen LogP contribution in [0.5, 0.6) is 11.5 Å². The summed E-state index contributed by atoms with van der Waals surface area (Å²) in [7, 11) is 0. The third-order valence-corrected chi connectivity index (χ3v) is 4.48. The Morgan fingerprint density at radius 1 is 1.23 bits per heavy atom. The van der Waals surface area contributed by atoms with Gasteiger partial charge in [0.1, 0.15) is 11.5 Å². The summed E-state index contributed by atoms with van der Waals surface area (Å²) in [6.07, 6.45) is 0. The smallest absolute Gasteiger partial charge is 0.234 e. The largest absolute Gasteiger partial charge is 0.456 e. The van der Waals surface area contributed by atoms with Gasteiger partial charge in [0.25, 0.3) is 0 Å². The van der Waals surface area contributed by atoms with Crippen molar-refractivity contribution in [1.82, 2.24) is 10.1 Å². The molecule has 0 atom stereocenters. The second-order valence-electron chi connectivity index (χ2n) is 5.33. The summed E-state index contributed by atoms with van der Waals surface area (Å²) in [4.78, 5) is 16.1. The van der Waals surface area contributed by atoms with Crippen LogP contribution in [0.15, 0.2) is 53.1 Å². The summed E-state index contributed by atoms with van der Waals surface area (Å²) in [6.45, 7) is 1.73. The second kappa shape index (κ2) is 8.73. The van der Waals surface area contributed by atoms with Gasteiger partial charge in [0.2, 0.25) is 11.8 Å². The lowest BCUT2D eigenvalue weighted by molar-refractivity contribution is -0.113. The molecule has 2 aromatic carbocycles. The molecule has 0 aliphatic rings. The molecule has 0 saturated carbocycles. The summed E-state index contributed by atoms with van der Waals surface area (Å²) in [6, 6.07) is 14.3. The van der Waals surface area contributed by atoms with Crippen molar-refractivity contribution < 1.29 is 14.1 Å². The fraction of sp³-hybridized carbons (Fsp3) is 0.167. The molecule has 3 rings (SSSR count). The Morgan fingerprint density at radius 2 is 2.00 bits per heavy atom. The Kier molecular flexibility index (Phi) is 6.14. The van der Waals surface area contributed by atoms with E-state index in [1.54, 1.807) is 43.3 Å². The number of para-hydroxylation sites is 1. The molecule has 0 bridgehead atoms. The van der Waals surface area contributed by atoms with Gasteiger partial charge in [0, 0.05) is 12.6 Å². The van der Waals surface area contributed by atoms with Gasteiger partial charge in [0.05, 0.1) is 16.5 Å². The zero-order valence-corrected chi connectivity index (χ0v) is 15.5. The summed E-state index contributed by atoms with van der Waals surface area (Å²) in [5.41, 5.74) is 0.692. The highest BCUT2D eigenvalue weighted by molar-refractivity contribution is 7.99. The first kappa shape index (κ1) is 18.3. The molecule has 3 aromatic rings. The van der Waals surface area contributed by atoms with E-state index in [0.29, 0.717) is 45.4 Å². The molecule has 0 unspecified atom stereocenters. The zero-order valence-electron chi connectivity index (χ0n) is 13.9. The van der Waals surface area contributed by atoms with Crippen LogP contribution in [-0.4, -0.2) is 21.8 Å². The van der Waals surface area contributed by atoms with Crippen LogP contribution in [0.2, 0.25) is 5.02 Å². The quantitative estimate of drug-likeness (QED) is 0.631. The predicted octanol–water partition coefficient (Wildman–Crippen LogP) is 4.70. The fourth-order valence-corrected chi connectivity index (χ4v) is 2.93. The number of halogens is 1. The van der Waals surface area contributed by atoms with Crippen LogP contribution in [0, 0.1) is 6.92 Å².